The van der Waals surface area contributed by atoms with Gasteiger partial charge in [-0.3, -0.25) is 10.7 Å². The topological polar surface area (TPSA) is 137 Å². The van der Waals surface area contributed by atoms with E-state index in [0.717, 1.165) is 5.92 Å². The summed E-state index contributed by atoms with van der Waals surface area (Å²) in [4.78, 5) is 20.5. The van der Waals surface area contributed by atoms with E-state index in [1.54, 1.807) is 0 Å². The smallest absolute Gasteiger partial charge is 0.345 e. The van der Waals surface area contributed by atoms with E-state index in [2.05, 4.69) is 64.3 Å². The van der Waals surface area contributed by atoms with Gasteiger partial charge in [-0.2, -0.15) is 0 Å². The highest BCUT2D eigenvalue weighted by atomic mass is 16.5. The molecule has 0 unspecified atom stereocenters. The highest BCUT2D eigenvalue weighted by molar-refractivity contribution is 5.99. The Kier molecular flexibility index (Phi) is 8.45. The average molecular weight is 412 g/mol. The summed E-state index contributed by atoms with van der Waals surface area (Å²) in [5, 5.41) is 19.0. The lowest BCUT2D eigenvalue weighted by molar-refractivity contribution is 0.259. The number of urea groups is 1. The number of likely N-dealkylation sites (tertiary alicyclic amines) is 1. The molecule has 0 saturated carbocycles. The van der Waals surface area contributed by atoms with E-state index < -0.39 is 12.6 Å². The van der Waals surface area contributed by atoms with Crippen molar-refractivity contribution in [3.63, 3.8) is 0 Å². The maximum absolute atomic E-state index is 11.0. The highest BCUT2D eigenvalue weighted by Crippen LogP contribution is 2.25. The minimum Gasteiger partial charge on any atom is -0.481 e. The molecule has 0 aliphatic carbocycles. The standard InChI is InChI=1S/C11H15N.C10H13N5O3/c1-12-8-7-11(9-12)10-5-3-2-4-6-10;1-13-10(17)15-7-3-5(11)8(9(12)18-2)6(4-16)14-7/h2-6,11H,7-9H2,1H3;3,12,16H,1,4H2,2H3,(H3,11,14,15,17)/t11-;/m1./s1. The Morgan fingerprint density at radius 3 is 2.70 bits per heavy atom. The SMILES string of the molecule is C=NC(=O)Nc1cc(N)c(C(=N)OC)c(CO)n1.CN1CC[C@@H](c2ccccc2)C1. The molecule has 5 N–H and O–H groups in total. The van der Waals surface area contributed by atoms with Gasteiger partial charge in [0.25, 0.3) is 0 Å². The molecule has 1 aromatic carbocycles. The van der Waals surface area contributed by atoms with Crippen molar-refractivity contribution in [2.75, 3.05) is 38.3 Å². The largest absolute Gasteiger partial charge is 0.481 e. The molecule has 2 amide bonds. The maximum atomic E-state index is 11.0. The van der Waals surface area contributed by atoms with Crippen molar-refractivity contribution in [1.29, 1.82) is 5.41 Å². The van der Waals surface area contributed by atoms with Gasteiger partial charge in [0.15, 0.2) is 0 Å². The van der Waals surface area contributed by atoms with E-state index in [1.165, 1.54) is 38.2 Å². The summed E-state index contributed by atoms with van der Waals surface area (Å²) in [7, 11) is 3.50. The molecule has 0 bridgehead atoms. The quantitative estimate of drug-likeness (QED) is 0.450. The molecular formula is C21H28N6O3. The number of likely N-dealkylation sites (N-methyl/N-ethyl adjacent to an activating group) is 1. The number of aromatic nitrogens is 1. The van der Waals surface area contributed by atoms with E-state index in [-0.39, 0.29) is 28.7 Å². The number of carbonyl (C=O) groups excluding carboxylic acids is 1. The number of hydrogen-bond acceptors (Lipinski definition) is 7. The van der Waals surface area contributed by atoms with Crippen LogP contribution in [-0.4, -0.2) is 60.9 Å². The molecule has 2 aromatic rings. The van der Waals surface area contributed by atoms with Crippen LogP contribution in [0.4, 0.5) is 16.3 Å². The fourth-order valence-corrected chi connectivity index (χ4v) is 3.24. The van der Waals surface area contributed by atoms with Crippen LogP contribution in [0.15, 0.2) is 41.4 Å². The van der Waals surface area contributed by atoms with Gasteiger partial charge in [-0.1, -0.05) is 30.3 Å². The van der Waals surface area contributed by atoms with Gasteiger partial charge in [0.1, 0.15) is 5.82 Å². The summed E-state index contributed by atoms with van der Waals surface area (Å²) in [6.07, 6.45) is 1.32. The molecule has 30 heavy (non-hydrogen) atoms. The first kappa shape index (κ1) is 23.0. The summed E-state index contributed by atoms with van der Waals surface area (Å²) >= 11 is 0. The Labute approximate surface area is 176 Å². The molecule has 1 fully saturated rings. The van der Waals surface area contributed by atoms with Gasteiger partial charge in [-0.05, 0) is 38.2 Å². The fraction of sp³-hybridized carbons (Fsp3) is 0.333. The van der Waals surface area contributed by atoms with Crippen LogP contribution in [0.3, 0.4) is 0 Å². The van der Waals surface area contributed by atoms with Gasteiger partial charge < -0.3 is 20.5 Å². The van der Waals surface area contributed by atoms with E-state index in [9.17, 15) is 9.90 Å². The third-order valence-electron chi connectivity index (χ3n) is 4.75. The predicted octanol–water partition coefficient (Wildman–Crippen LogP) is 2.47. The van der Waals surface area contributed by atoms with Gasteiger partial charge >= 0.3 is 6.03 Å². The van der Waals surface area contributed by atoms with Crippen LogP contribution in [0, 0.1) is 5.41 Å². The van der Waals surface area contributed by atoms with Gasteiger partial charge in [0.2, 0.25) is 5.90 Å². The molecule has 1 aliphatic rings. The summed E-state index contributed by atoms with van der Waals surface area (Å²) in [6, 6.07) is 11.5. The number of nitrogens with two attached hydrogens (primary N) is 1. The van der Waals surface area contributed by atoms with Crippen molar-refractivity contribution in [2.45, 2.75) is 18.9 Å². The zero-order valence-corrected chi connectivity index (χ0v) is 17.3. The number of rotatable bonds is 4. The lowest BCUT2D eigenvalue weighted by Gasteiger charge is -2.12. The van der Waals surface area contributed by atoms with Gasteiger partial charge in [-0.15, -0.1) is 0 Å². The van der Waals surface area contributed by atoms with Crippen LogP contribution < -0.4 is 11.1 Å². The second-order valence-electron chi connectivity index (χ2n) is 6.86. The Morgan fingerprint density at radius 2 is 2.17 bits per heavy atom. The Balaban J connectivity index is 0.000000230. The lowest BCUT2D eigenvalue weighted by Crippen LogP contribution is -2.15. The minimum atomic E-state index is -0.694. The molecule has 1 atom stereocenters. The van der Waals surface area contributed by atoms with Gasteiger partial charge in [-0.25, -0.2) is 14.8 Å². The van der Waals surface area contributed by atoms with Gasteiger partial charge in [0, 0.05) is 18.3 Å². The monoisotopic (exact) mass is 412 g/mol. The van der Waals surface area contributed by atoms with E-state index in [0.29, 0.717) is 0 Å². The molecule has 160 valence electrons. The number of benzene rings is 1. The number of anilines is 2. The third kappa shape index (κ3) is 6.10. The number of aliphatic imine (C=N–C) groups is 1. The Hall–Kier alpha value is -3.30. The Bertz CT molecular complexity index is 888. The van der Waals surface area contributed by atoms with Crippen molar-refractivity contribution < 1.29 is 14.6 Å². The highest BCUT2D eigenvalue weighted by Gasteiger charge is 2.20. The first-order chi connectivity index (χ1) is 14.4. The number of carbonyl (C=O) groups is 1. The number of ether oxygens (including phenoxy) is 1. The molecule has 3 rings (SSSR count). The first-order valence-electron chi connectivity index (χ1n) is 9.43. The summed E-state index contributed by atoms with van der Waals surface area (Å²) in [6.45, 7) is 5.08. The summed E-state index contributed by atoms with van der Waals surface area (Å²) in [5.74, 6) is 0.668. The van der Waals surface area contributed by atoms with Crippen LogP contribution in [0.25, 0.3) is 0 Å². The molecule has 0 radical (unpaired) electrons. The second kappa shape index (κ2) is 11.0. The molecule has 1 aromatic heterocycles. The molecule has 9 heteroatoms. The summed E-state index contributed by atoms with van der Waals surface area (Å²) in [5.41, 5.74) is 7.69. The molecule has 2 heterocycles. The number of hydrogen-bond donors (Lipinski definition) is 4. The maximum Gasteiger partial charge on any atom is 0.345 e. The molecule has 0 spiro atoms. The number of nitrogens with one attached hydrogen (secondary N) is 2. The number of methoxy groups -OCH3 is 1. The molecule has 1 saturated heterocycles. The van der Waals surface area contributed by atoms with Crippen LogP contribution in [0.1, 0.15) is 29.2 Å². The van der Waals surface area contributed by atoms with Crippen molar-refractivity contribution >= 4 is 30.2 Å². The minimum absolute atomic E-state index is 0.113. The first-order valence-corrected chi connectivity index (χ1v) is 9.43. The number of amides is 2. The van der Waals surface area contributed by atoms with E-state index in [4.69, 9.17) is 15.9 Å². The van der Waals surface area contributed by atoms with Crippen LogP contribution in [0.2, 0.25) is 0 Å². The Morgan fingerprint density at radius 1 is 1.47 bits per heavy atom. The van der Waals surface area contributed by atoms with Crippen LogP contribution >= 0.6 is 0 Å². The number of nitrogen functional groups attached to an aromatic ring is 1. The predicted molar refractivity (Wildman–Crippen MR) is 118 cm³/mol. The lowest BCUT2D eigenvalue weighted by atomic mass is 9.99. The molecule has 1 aliphatic heterocycles. The normalized spacial score (nSPS) is 15.6. The van der Waals surface area contributed by atoms with Crippen molar-refractivity contribution in [2.24, 2.45) is 4.99 Å². The average Bonchev–Trinajstić information content (AvgIpc) is 3.20. The fourth-order valence-electron chi connectivity index (χ4n) is 3.24. The number of aliphatic hydroxyl groups excluding tert-OH is 1. The van der Waals surface area contributed by atoms with Gasteiger partial charge in [0.05, 0.1) is 25.0 Å². The number of pyridine rings is 1. The number of nitrogens with zero attached hydrogens (tertiary/aromatic N) is 3. The number of aliphatic hydroxyl groups is 1. The van der Waals surface area contributed by atoms with Crippen LogP contribution in [-0.2, 0) is 11.3 Å². The van der Waals surface area contributed by atoms with Crippen molar-refractivity contribution in [3.05, 3.63) is 53.2 Å². The van der Waals surface area contributed by atoms with Crippen molar-refractivity contribution in [3.8, 4) is 0 Å². The zero-order chi connectivity index (χ0) is 22.1. The zero-order valence-electron chi connectivity index (χ0n) is 17.3. The second-order valence-corrected chi connectivity index (χ2v) is 6.86. The van der Waals surface area contributed by atoms with E-state index in [1.807, 2.05) is 0 Å². The summed E-state index contributed by atoms with van der Waals surface area (Å²) < 4.78 is 4.74. The molecular weight excluding hydrogens is 384 g/mol. The van der Waals surface area contributed by atoms with Crippen molar-refractivity contribution in [1.82, 2.24) is 9.88 Å². The van der Waals surface area contributed by atoms with E-state index >= 15 is 0 Å². The third-order valence-corrected chi connectivity index (χ3v) is 4.75. The molecule has 9 nitrogen and oxygen atoms in total. The van der Waals surface area contributed by atoms with Crippen LogP contribution in [0.5, 0.6) is 0 Å².